The molecule has 2 aromatic carbocycles. The highest BCUT2D eigenvalue weighted by Crippen LogP contribution is 2.22. The van der Waals surface area contributed by atoms with E-state index in [0.29, 0.717) is 5.02 Å². The number of carbonyl (C=O) groups excluding carboxylic acids is 1. The molecule has 1 amide bonds. The lowest BCUT2D eigenvalue weighted by Gasteiger charge is -2.32. The molecule has 1 N–H and O–H groups in total. The molecule has 6 heteroatoms. The number of nitrogens with zero attached hydrogens (tertiary/aromatic N) is 1. The van der Waals surface area contributed by atoms with Gasteiger partial charge in [-0.25, -0.2) is 4.39 Å². The van der Waals surface area contributed by atoms with Crippen LogP contribution in [0.4, 0.5) is 4.39 Å². The summed E-state index contributed by atoms with van der Waals surface area (Å²) in [5.74, 6) is -0.0759. The molecule has 0 atom stereocenters. The minimum Gasteiger partial charge on any atom is -0.496 e. The highest BCUT2D eigenvalue weighted by atomic mass is 35.5. The van der Waals surface area contributed by atoms with E-state index < -0.39 is 11.7 Å². The zero-order chi connectivity index (χ0) is 18.5. The minimum atomic E-state index is -0.555. The summed E-state index contributed by atoms with van der Waals surface area (Å²) in [5.41, 5.74) is 1.15. The van der Waals surface area contributed by atoms with Crippen molar-refractivity contribution in [3.63, 3.8) is 0 Å². The van der Waals surface area contributed by atoms with Crippen molar-refractivity contribution in [1.82, 2.24) is 10.2 Å². The number of likely N-dealkylation sites (tertiary alicyclic amines) is 1. The van der Waals surface area contributed by atoms with Gasteiger partial charge in [0.1, 0.15) is 11.6 Å². The second kappa shape index (κ2) is 8.52. The Morgan fingerprint density at radius 1 is 1.27 bits per heavy atom. The second-order valence-electron chi connectivity index (χ2n) is 6.46. The number of benzene rings is 2. The van der Waals surface area contributed by atoms with Gasteiger partial charge in [-0.15, -0.1) is 0 Å². The van der Waals surface area contributed by atoms with Crippen molar-refractivity contribution in [2.75, 3.05) is 20.2 Å². The van der Waals surface area contributed by atoms with Gasteiger partial charge in [-0.05, 0) is 37.1 Å². The SMILES string of the molecule is COc1ccccc1CN1CCC(NC(=O)c2cc(Cl)ccc2F)CC1. The molecule has 0 bridgehead atoms. The molecule has 0 aromatic heterocycles. The normalized spacial score (nSPS) is 15.7. The molecule has 1 aliphatic heterocycles. The summed E-state index contributed by atoms with van der Waals surface area (Å²) < 4.78 is 19.2. The van der Waals surface area contributed by atoms with Gasteiger partial charge in [0.25, 0.3) is 5.91 Å². The summed E-state index contributed by atoms with van der Waals surface area (Å²) in [6.07, 6.45) is 1.64. The van der Waals surface area contributed by atoms with Crippen LogP contribution in [0.3, 0.4) is 0 Å². The lowest BCUT2D eigenvalue weighted by atomic mass is 10.0. The zero-order valence-electron chi connectivity index (χ0n) is 14.7. The Labute approximate surface area is 157 Å². The Morgan fingerprint density at radius 2 is 2.00 bits per heavy atom. The van der Waals surface area contributed by atoms with E-state index >= 15 is 0 Å². The first-order valence-corrected chi connectivity index (χ1v) is 9.05. The quantitative estimate of drug-likeness (QED) is 0.861. The first kappa shape index (κ1) is 18.7. The van der Waals surface area contributed by atoms with Crippen LogP contribution in [-0.2, 0) is 6.54 Å². The summed E-state index contributed by atoms with van der Waals surface area (Å²) in [6, 6.07) is 12.0. The number of amides is 1. The molecular formula is C20H22ClFN2O2. The molecule has 1 fully saturated rings. The zero-order valence-corrected chi connectivity index (χ0v) is 15.4. The second-order valence-corrected chi connectivity index (χ2v) is 6.90. The number of ether oxygens (including phenoxy) is 1. The van der Waals surface area contributed by atoms with Gasteiger partial charge in [-0.3, -0.25) is 9.69 Å². The number of halogens is 2. The fourth-order valence-electron chi connectivity index (χ4n) is 3.24. The summed E-state index contributed by atoms with van der Waals surface area (Å²) in [5, 5.41) is 3.27. The molecule has 4 nitrogen and oxygen atoms in total. The van der Waals surface area contributed by atoms with Crippen molar-refractivity contribution >= 4 is 17.5 Å². The summed E-state index contributed by atoms with van der Waals surface area (Å²) >= 11 is 5.86. The maximum absolute atomic E-state index is 13.8. The van der Waals surface area contributed by atoms with E-state index in [1.54, 1.807) is 7.11 Å². The molecule has 0 aliphatic carbocycles. The number of methoxy groups -OCH3 is 1. The van der Waals surface area contributed by atoms with E-state index in [1.165, 1.54) is 18.2 Å². The van der Waals surface area contributed by atoms with E-state index in [4.69, 9.17) is 16.3 Å². The van der Waals surface area contributed by atoms with Crippen molar-refractivity contribution in [3.05, 3.63) is 64.4 Å². The minimum absolute atomic E-state index is 0.00560. The smallest absolute Gasteiger partial charge is 0.254 e. The lowest BCUT2D eigenvalue weighted by molar-refractivity contribution is 0.0904. The third-order valence-corrected chi connectivity index (χ3v) is 4.92. The first-order valence-electron chi connectivity index (χ1n) is 8.67. The summed E-state index contributed by atoms with van der Waals surface area (Å²) in [4.78, 5) is 14.6. The number of para-hydroxylation sites is 1. The number of rotatable bonds is 5. The Morgan fingerprint density at radius 3 is 2.73 bits per heavy atom. The summed E-state index contributed by atoms with van der Waals surface area (Å²) in [7, 11) is 1.68. The number of hydrogen-bond acceptors (Lipinski definition) is 3. The van der Waals surface area contributed by atoms with Gasteiger partial charge in [0, 0.05) is 36.3 Å². The third kappa shape index (κ3) is 4.54. The van der Waals surface area contributed by atoms with Crippen molar-refractivity contribution in [2.24, 2.45) is 0 Å². The van der Waals surface area contributed by atoms with Crippen LogP contribution in [0.5, 0.6) is 5.75 Å². The van der Waals surface area contributed by atoms with E-state index in [0.717, 1.165) is 43.8 Å². The van der Waals surface area contributed by atoms with E-state index in [1.807, 2.05) is 18.2 Å². The number of nitrogens with one attached hydrogen (secondary N) is 1. The third-order valence-electron chi connectivity index (χ3n) is 4.68. The predicted molar refractivity (Wildman–Crippen MR) is 100 cm³/mol. The largest absolute Gasteiger partial charge is 0.496 e. The number of hydrogen-bond donors (Lipinski definition) is 1. The Hall–Kier alpha value is -2.11. The molecular weight excluding hydrogens is 355 g/mol. The van der Waals surface area contributed by atoms with Gasteiger partial charge >= 0.3 is 0 Å². The standard InChI is InChI=1S/C20H22ClFN2O2/c1-26-19-5-3-2-4-14(19)13-24-10-8-16(9-11-24)23-20(25)17-12-15(21)6-7-18(17)22/h2-7,12,16H,8-11,13H2,1H3,(H,23,25). The fraction of sp³-hybridized carbons (Fsp3) is 0.350. The molecule has 1 heterocycles. The molecule has 0 spiro atoms. The molecule has 0 unspecified atom stereocenters. The first-order chi connectivity index (χ1) is 12.6. The van der Waals surface area contributed by atoms with Crippen molar-refractivity contribution < 1.29 is 13.9 Å². The van der Waals surface area contributed by atoms with Crippen LogP contribution in [0.15, 0.2) is 42.5 Å². The fourth-order valence-corrected chi connectivity index (χ4v) is 3.42. The highest BCUT2D eigenvalue weighted by Gasteiger charge is 2.23. The maximum atomic E-state index is 13.8. The van der Waals surface area contributed by atoms with Crippen molar-refractivity contribution in [2.45, 2.75) is 25.4 Å². The van der Waals surface area contributed by atoms with Crippen LogP contribution in [0, 0.1) is 5.82 Å². The number of carbonyl (C=O) groups is 1. The lowest BCUT2D eigenvalue weighted by Crippen LogP contribution is -2.44. The molecule has 138 valence electrons. The molecule has 3 rings (SSSR count). The summed E-state index contributed by atoms with van der Waals surface area (Å²) in [6.45, 7) is 2.54. The van der Waals surface area contributed by atoms with Gasteiger partial charge in [0.2, 0.25) is 0 Å². The monoisotopic (exact) mass is 376 g/mol. The molecule has 1 saturated heterocycles. The predicted octanol–water partition coefficient (Wildman–Crippen LogP) is 3.88. The topological polar surface area (TPSA) is 41.6 Å². The van der Waals surface area contributed by atoms with Gasteiger partial charge in [0.05, 0.1) is 12.7 Å². The van der Waals surface area contributed by atoms with Crippen LogP contribution in [-0.4, -0.2) is 37.0 Å². The van der Waals surface area contributed by atoms with Crippen LogP contribution in [0.1, 0.15) is 28.8 Å². The van der Waals surface area contributed by atoms with Crippen molar-refractivity contribution in [3.8, 4) is 5.75 Å². The van der Waals surface area contributed by atoms with Crippen LogP contribution < -0.4 is 10.1 Å². The Kier molecular flexibility index (Phi) is 6.12. The maximum Gasteiger partial charge on any atom is 0.254 e. The highest BCUT2D eigenvalue weighted by molar-refractivity contribution is 6.31. The Balaban J connectivity index is 1.54. The van der Waals surface area contributed by atoms with E-state index in [9.17, 15) is 9.18 Å². The molecule has 26 heavy (non-hydrogen) atoms. The molecule has 0 saturated carbocycles. The van der Waals surface area contributed by atoms with Gasteiger partial charge in [0.15, 0.2) is 0 Å². The number of piperidine rings is 1. The van der Waals surface area contributed by atoms with E-state index in [2.05, 4.69) is 16.3 Å². The van der Waals surface area contributed by atoms with E-state index in [-0.39, 0.29) is 11.6 Å². The molecule has 0 radical (unpaired) electrons. The van der Waals surface area contributed by atoms with Crippen molar-refractivity contribution in [1.29, 1.82) is 0 Å². The molecule has 1 aliphatic rings. The average molecular weight is 377 g/mol. The van der Waals surface area contributed by atoms with Gasteiger partial charge in [-0.1, -0.05) is 29.8 Å². The van der Waals surface area contributed by atoms with Crippen LogP contribution >= 0.6 is 11.6 Å². The van der Waals surface area contributed by atoms with Gasteiger partial charge in [-0.2, -0.15) is 0 Å². The molecule has 2 aromatic rings. The Bertz CT molecular complexity index is 776. The van der Waals surface area contributed by atoms with Crippen LogP contribution in [0.25, 0.3) is 0 Å². The van der Waals surface area contributed by atoms with Gasteiger partial charge < -0.3 is 10.1 Å². The average Bonchev–Trinajstić information content (AvgIpc) is 2.65. The van der Waals surface area contributed by atoms with Crippen LogP contribution in [0.2, 0.25) is 5.02 Å².